The summed E-state index contributed by atoms with van der Waals surface area (Å²) in [4.78, 5) is 20.6. The van der Waals surface area contributed by atoms with Gasteiger partial charge in [0, 0.05) is 37.4 Å². The molecule has 0 saturated heterocycles. The molecule has 30 heavy (non-hydrogen) atoms. The van der Waals surface area contributed by atoms with Crippen LogP contribution in [0.3, 0.4) is 0 Å². The Balaban J connectivity index is 1.72. The summed E-state index contributed by atoms with van der Waals surface area (Å²) < 4.78 is 0. The van der Waals surface area contributed by atoms with E-state index in [1.807, 2.05) is 37.4 Å². The van der Waals surface area contributed by atoms with Crippen molar-refractivity contribution in [1.82, 2.24) is 20.9 Å². The molecule has 0 spiro atoms. The van der Waals surface area contributed by atoms with Gasteiger partial charge in [-0.2, -0.15) is 5.26 Å². The largest absolute Gasteiger partial charge is 0.359 e. The average molecular weight is 405 g/mol. The highest BCUT2D eigenvalue weighted by Gasteiger charge is 2.37. The molecule has 0 atom stereocenters. The molecule has 0 unspecified atom stereocenters. The van der Waals surface area contributed by atoms with E-state index in [1.54, 1.807) is 19.4 Å². The number of guanidine groups is 1. The first-order valence-electron chi connectivity index (χ1n) is 10.2. The van der Waals surface area contributed by atoms with Crippen molar-refractivity contribution in [3.63, 3.8) is 0 Å². The number of aromatic nitrogens is 1. The Kier molecular flexibility index (Phi) is 7.02. The fraction of sp³-hybridized carbons (Fsp3) is 0.391. The Morgan fingerprint density at radius 1 is 1.27 bits per heavy atom. The smallest absolute Gasteiger partial charge is 0.252 e. The summed E-state index contributed by atoms with van der Waals surface area (Å²) in [6.07, 6.45) is 8.84. The predicted molar refractivity (Wildman–Crippen MR) is 117 cm³/mol. The average Bonchev–Trinajstić information content (AvgIpc) is 2.78. The van der Waals surface area contributed by atoms with Gasteiger partial charge < -0.3 is 16.0 Å². The number of hydrogen-bond donors (Lipinski definition) is 3. The second-order valence-corrected chi connectivity index (χ2v) is 7.81. The van der Waals surface area contributed by atoms with Gasteiger partial charge in [-0.15, -0.1) is 4.99 Å². The van der Waals surface area contributed by atoms with Gasteiger partial charge in [-0.3, -0.25) is 9.78 Å². The van der Waals surface area contributed by atoms with Crippen molar-refractivity contribution in [3.8, 4) is 6.19 Å². The zero-order chi connectivity index (χ0) is 21.4. The molecular formula is C23H28N6O. The molecular weight excluding hydrogens is 376 g/mol. The highest BCUT2D eigenvalue weighted by atomic mass is 16.1. The lowest BCUT2D eigenvalue weighted by molar-refractivity contribution is 0.0934. The predicted octanol–water partition coefficient (Wildman–Crippen LogP) is 2.65. The second-order valence-electron chi connectivity index (χ2n) is 7.81. The number of amides is 1. The number of pyridine rings is 1. The second kappa shape index (κ2) is 9.88. The lowest BCUT2D eigenvalue weighted by Crippen LogP contribution is -2.49. The van der Waals surface area contributed by atoms with Crippen LogP contribution in [0.4, 0.5) is 0 Å². The third kappa shape index (κ3) is 5.15. The topological polar surface area (TPSA) is 102 Å². The summed E-state index contributed by atoms with van der Waals surface area (Å²) in [5.74, 6) is 0.398. The zero-order valence-electron chi connectivity index (χ0n) is 17.5. The van der Waals surface area contributed by atoms with Crippen LogP contribution in [0.2, 0.25) is 0 Å². The highest BCUT2D eigenvalue weighted by molar-refractivity contribution is 5.94. The number of rotatable bonds is 5. The van der Waals surface area contributed by atoms with Gasteiger partial charge in [0.05, 0.1) is 5.56 Å². The molecule has 0 radical (unpaired) electrons. The van der Waals surface area contributed by atoms with E-state index >= 15 is 0 Å². The van der Waals surface area contributed by atoms with Gasteiger partial charge in [0.15, 0.2) is 0 Å². The highest BCUT2D eigenvalue weighted by Crippen LogP contribution is 2.39. The van der Waals surface area contributed by atoms with Crippen molar-refractivity contribution in [3.05, 3.63) is 65.5 Å². The first-order chi connectivity index (χ1) is 14.6. The van der Waals surface area contributed by atoms with E-state index in [0.717, 1.165) is 31.2 Å². The summed E-state index contributed by atoms with van der Waals surface area (Å²) in [6.45, 7) is 2.50. The number of carbonyl (C=O) groups excluding carboxylic acids is 1. The Bertz CT molecular complexity index is 926. The van der Waals surface area contributed by atoms with Gasteiger partial charge in [0.25, 0.3) is 5.91 Å². The molecule has 7 nitrogen and oxygen atoms in total. The maximum atomic E-state index is 12.7. The number of carbonyl (C=O) groups is 1. The molecule has 1 aromatic heterocycles. The van der Waals surface area contributed by atoms with Gasteiger partial charge in [0.2, 0.25) is 12.2 Å². The van der Waals surface area contributed by atoms with Gasteiger partial charge in [0.1, 0.15) is 0 Å². The van der Waals surface area contributed by atoms with Crippen LogP contribution in [-0.4, -0.2) is 36.5 Å². The van der Waals surface area contributed by atoms with E-state index in [0.29, 0.717) is 18.1 Å². The van der Waals surface area contributed by atoms with Crippen LogP contribution >= 0.6 is 0 Å². The fourth-order valence-electron chi connectivity index (χ4n) is 4.11. The molecule has 1 saturated carbocycles. The molecule has 1 fully saturated rings. The third-order valence-electron chi connectivity index (χ3n) is 5.79. The standard InChI is InChI=1S/C23H28N6O/c1-17-12-18(14-26-13-17)21(30)27-15-23(19-6-4-3-5-7-19)10-8-20(9-11-23)29-22(25-2)28-16-24/h3-7,12-14,20H,8-11,15H2,1-2H3,(H,27,30)(H2,25,28,29)/t20-,23-. The summed E-state index contributed by atoms with van der Waals surface area (Å²) in [5, 5.41) is 18.2. The van der Waals surface area contributed by atoms with Crippen molar-refractivity contribution in [2.45, 2.75) is 44.1 Å². The summed E-state index contributed by atoms with van der Waals surface area (Å²) >= 11 is 0. The number of nitriles is 1. The fourth-order valence-corrected chi connectivity index (χ4v) is 4.11. The quantitative estimate of drug-likeness (QED) is 0.404. The van der Waals surface area contributed by atoms with Crippen LogP contribution in [-0.2, 0) is 5.41 Å². The van der Waals surface area contributed by atoms with Gasteiger partial charge in [-0.05, 0) is 49.8 Å². The molecule has 3 N–H and O–H groups in total. The van der Waals surface area contributed by atoms with Crippen molar-refractivity contribution in [2.24, 2.45) is 4.99 Å². The van der Waals surface area contributed by atoms with Crippen LogP contribution in [0.25, 0.3) is 0 Å². The first-order valence-corrected chi connectivity index (χ1v) is 10.2. The minimum atomic E-state index is -0.126. The van der Waals surface area contributed by atoms with E-state index in [-0.39, 0.29) is 17.4 Å². The number of nitrogens with zero attached hydrogens (tertiary/aromatic N) is 3. The van der Waals surface area contributed by atoms with Gasteiger partial charge >= 0.3 is 0 Å². The molecule has 1 heterocycles. The Labute approximate surface area is 177 Å². The van der Waals surface area contributed by atoms with Crippen molar-refractivity contribution in [1.29, 1.82) is 5.26 Å². The van der Waals surface area contributed by atoms with Crippen LogP contribution in [0.15, 0.2) is 53.8 Å². The minimum Gasteiger partial charge on any atom is -0.359 e. The normalized spacial score (nSPS) is 21.4. The molecule has 0 aliphatic heterocycles. The summed E-state index contributed by atoms with van der Waals surface area (Å²) in [7, 11) is 1.75. The maximum absolute atomic E-state index is 12.7. The summed E-state index contributed by atoms with van der Waals surface area (Å²) in [5.41, 5.74) is 2.66. The van der Waals surface area contributed by atoms with Crippen molar-refractivity contribution >= 4 is 11.9 Å². The summed E-state index contributed by atoms with van der Waals surface area (Å²) in [6, 6.07) is 12.5. The number of aliphatic imine (C=N–C) groups is 1. The Morgan fingerprint density at radius 2 is 2.00 bits per heavy atom. The molecule has 1 amide bonds. The number of aryl methyl sites for hydroxylation is 1. The van der Waals surface area contributed by atoms with E-state index in [4.69, 9.17) is 5.26 Å². The van der Waals surface area contributed by atoms with Crippen molar-refractivity contribution < 1.29 is 4.79 Å². The number of nitrogens with one attached hydrogen (secondary N) is 3. The Morgan fingerprint density at radius 3 is 2.63 bits per heavy atom. The van der Waals surface area contributed by atoms with E-state index in [2.05, 4.69) is 38.1 Å². The van der Waals surface area contributed by atoms with Gasteiger partial charge in [-0.25, -0.2) is 0 Å². The van der Waals surface area contributed by atoms with Gasteiger partial charge in [-0.1, -0.05) is 30.3 Å². The molecule has 1 aromatic carbocycles. The lowest BCUT2D eigenvalue weighted by atomic mass is 9.68. The molecule has 2 aromatic rings. The van der Waals surface area contributed by atoms with Crippen molar-refractivity contribution in [2.75, 3.05) is 13.6 Å². The lowest BCUT2D eigenvalue weighted by Gasteiger charge is -2.41. The number of benzene rings is 1. The minimum absolute atomic E-state index is 0.0969. The Hall–Kier alpha value is -3.40. The van der Waals surface area contributed by atoms with Crippen LogP contribution in [0.5, 0.6) is 0 Å². The van der Waals surface area contributed by atoms with E-state index in [9.17, 15) is 4.79 Å². The monoisotopic (exact) mass is 404 g/mol. The van der Waals surface area contributed by atoms with E-state index in [1.165, 1.54) is 5.56 Å². The third-order valence-corrected chi connectivity index (χ3v) is 5.79. The molecule has 156 valence electrons. The van der Waals surface area contributed by atoms with Crippen LogP contribution in [0, 0.1) is 18.4 Å². The zero-order valence-corrected chi connectivity index (χ0v) is 17.5. The molecule has 1 aliphatic carbocycles. The SMILES string of the molecule is CN/C(=N\C#N)N[C@H]1CC[C@](CNC(=O)c2cncc(C)c2)(c2ccccc2)CC1. The maximum Gasteiger partial charge on any atom is 0.252 e. The molecule has 7 heteroatoms. The van der Waals surface area contributed by atoms with Crippen LogP contribution < -0.4 is 16.0 Å². The molecule has 0 bridgehead atoms. The molecule has 1 aliphatic rings. The molecule has 3 rings (SSSR count). The first kappa shape index (κ1) is 21.3. The number of hydrogen-bond acceptors (Lipinski definition) is 4. The van der Waals surface area contributed by atoms with Crippen LogP contribution in [0.1, 0.15) is 47.2 Å². The van der Waals surface area contributed by atoms with E-state index < -0.39 is 0 Å².